The second-order valence-corrected chi connectivity index (χ2v) is 6.73. The summed E-state index contributed by atoms with van der Waals surface area (Å²) in [5.74, 6) is 1.48. The van der Waals surface area contributed by atoms with E-state index in [-0.39, 0.29) is 11.9 Å². The van der Waals surface area contributed by atoms with Gasteiger partial charge in [-0.2, -0.15) is 0 Å². The average Bonchev–Trinajstić information content (AvgIpc) is 2.62. The number of rotatable bonds is 7. The Morgan fingerprint density at radius 3 is 2.38 bits per heavy atom. The van der Waals surface area contributed by atoms with Crippen molar-refractivity contribution in [1.82, 2.24) is 5.32 Å². The van der Waals surface area contributed by atoms with Crippen molar-refractivity contribution in [3.8, 4) is 11.5 Å². The van der Waals surface area contributed by atoms with E-state index in [2.05, 4.69) is 18.3 Å². The van der Waals surface area contributed by atoms with Crippen molar-refractivity contribution in [2.45, 2.75) is 53.2 Å². The molecule has 1 amide bonds. The Kier molecular flexibility index (Phi) is 6.67. The quantitative estimate of drug-likeness (QED) is 0.786. The Morgan fingerprint density at radius 1 is 1.04 bits per heavy atom. The van der Waals surface area contributed by atoms with E-state index in [1.54, 1.807) is 14.0 Å². The maximum Gasteiger partial charge on any atom is 0.261 e. The van der Waals surface area contributed by atoms with Crippen LogP contribution >= 0.6 is 0 Å². The fourth-order valence-electron chi connectivity index (χ4n) is 2.91. The summed E-state index contributed by atoms with van der Waals surface area (Å²) in [6.45, 7) is 9.83. The van der Waals surface area contributed by atoms with Crippen molar-refractivity contribution in [2.75, 3.05) is 7.11 Å². The number of carbonyl (C=O) groups is 1. The molecule has 140 valence electrons. The molecule has 2 rings (SSSR count). The number of benzene rings is 2. The van der Waals surface area contributed by atoms with Gasteiger partial charge in [-0.15, -0.1) is 0 Å². The van der Waals surface area contributed by atoms with Crippen LogP contribution in [0.2, 0.25) is 0 Å². The second-order valence-electron chi connectivity index (χ2n) is 6.73. The molecular formula is C22H29NO3. The molecule has 0 unspecified atom stereocenters. The van der Waals surface area contributed by atoms with Gasteiger partial charge >= 0.3 is 0 Å². The minimum absolute atomic E-state index is 0.0586. The summed E-state index contributed by atoms with van der Waals surface area (Å²) in [7, 11) is 1.66. The van der Waals surface area contributed by atoms with Gasteiger partial charge in [-0.25, -0.2) is 0 Å². The van der Waals surface area contributed by atoms with Crippen LogP contribution in [0.3, 0.4) is 0 Å². The van der Waals surface area contributed by atoms with E-state index in [1.165, 1.54) is 0 Å². The van der Waals surface area contributed by atoms with Crippen LogP contribution in [0.4, 0.5) is 0 Å². The lowest BCUT2D eigenvalue weighted by molar-refractivity contribution is -0.128. The summed E-state index contributed by atoms with van der Waals surface area (Å²) in [5.41, 5.74) is 4.25. The van der Waals surface area contributed by atoms with Crippen LogP contribution in [0.15, 0.2) is 36.4 Å². The van der Waals surface area contributed by atoms with E-state index in [4.69, 9.17) is 9.47 Å². The molecule has 0 aliphatic carbocycles. The lowest BCUT2D eigenvalue weighted by Gasteiger charge is -2.22. The maximum atomic E-state index is 12.6. The first-order valence-corrected chi connectivity index (χ1v) is 9.04. The zero-order valence-corrected chi connectivity index (χ0v) is 16.6. The highest BCUT2D eigenvalue weighted by Crippen LogP contribution is 2.25. The fraction of sp³-hybridized carbons (Fsp3) is 0.409. The molecule has 2 atom stereocenters. The number of methoxy groups -OCH3 is 1. The van der Waals surface area contributed by atoms with Crippen LogP contribution in [0.5, 0.6) is 11.5 Å². The number of amides is 1. The van der Waals surface area contributed by atoms with Crippen LogP contribution in [0.1, 0.15) is 48.6 Å². The van der Waals surface area contributed by atoms with Crippen LogP contribution in [0, 0.1) is 20.8 Å². The fourth-order valence-corrected chi connectivity index (χ4v) is 2.91. The van der Waals surface area contributed by atoms with Gasteiger partial charge in [0, 0.05) is 0 Å². The third kappa shape index (κ3) is 4.78. The van der Waals surface area contributed by atoms with Gasteiger partial charge in [0.25, 0.3) is 5.91 Å². The summed E-state index contributed by atoms with van der Waals surface area (Å²) in [6.07, 6.45) is 0.233. The second kappa shape index (κ2) is 8.75. The molecule has 0 radical (unpaired) electrons. The van der Waals surface area contributed by atoms with Gasteiger partial charge in [-0.05, 0) is 68.5 Å². The highest BCUT2D eigenvalue weighted by atomic mass is 16.5. The molecule has 4 nitrogen and oxygen atoms in total. The summed E-state index contributed by atoms with van der Waals surface area (Å²) < 4.78 is 11.2. The molecule has 0 aliphatic heterocycles. The van der Waals surface area contributed by atoms with E-state index < -0.39 is 6.10 Å². The summed E-state index contributed by atoms with van der Waals surface area (Å²) in [4.78, 5) is 12.6. The topological polar surface area (TPSA) is 47.6 Å². The van der Waals surface area contributed by atoms with E-state index >= 15 is 0 Å². The van der Waals surface area contributed by atoms with E-state index in [0.717, 1.165) is 40.2 Å². The maximum absolute atomic E-state index is 12.6. The van der Waals surface area contributed by atoms with Gasteiger partial charge in [0.1, 0.15) is 11.5 Å². The van der Waals surface area contributed by atoms with Gasteiger partial charge in [0.05, 0.1) is 13.2 Å². The molecule has 0 spiro atoms. The molecule has 0 saturated heterocycles. The third-order valence-electron chi connectivity index (χ3n) is 4.56. The van der Waals surface area contributed by atoms with Crippen molar-refractivity contribution >= 4 is 5.91 Å². The summed E-state index contributed by atoms with van der Waals surface area (Å²) in [5, 5.41) is 3.10. The van der Waals surface area contributed by atoms with Crippen LogP contribution in [-0.2, 0) is 4.79 Å². The number of carbonyl (C=O) groups excluding carboxylic acids is 1. The van der Waals surface area contributed by atoms with Gasteiger partial charge in [0.2, 0.25) is 0 Å². The minimum Gasteiger partial charge on any atom is -0.496 e. The summed E-state index contributed by atoms with van der Waals surface area (Å²) >= 11 is 0. The number of ether oxygens (including phenoxy) is 2. The Morgan fingerprint density at radius 2 is 1.77 bits per heavy atom. The molecule has 0 fully saturated rings. The number of nitrogens with one attached hydrogen (secondary N) is 1. The Bertz CT molecular complexity index is 770. The van der Waals surface area contributed by atoms with Gasteiger partial charge in [-0.3, -0.25) is 4.79 Å². The molecule has 1 N–H and O–H groups in total. The molecule has 0 saturated carbocycles. The highest BCUT2D eigenvalue weighted by Gasteiger charge is 2.20. The smallest absolute Gasteiger partial charge is 0.261 e. The normalized spacial score (nSPS) is 13.0. The van der Waals surface area contributed by atoms with Gasteiger partial charge < -0.3 is 14.8 Å². The first kappa shape index (κ1) is 19.8. The first-order chi connectivity index (χ1) is 12.3. The zero-order valence-electron chi connectivity index (χ0n) is 16.6. The molecule has 0 aliphatic rings. The predicted octanol–water partition coefficient (Wildman–Crippen LogP) is 4.66. The monoisotopic (exact) mass is 355 g/mol. The molecule has 0 bridgehead atoms. The van der Waals surface area contributed by atoms with Crippen molar-refractivity contribution in [2.24, 2.45) is 0 Å². The van der Waals surface area contributed by atoms with Crippen LogP contribution < -0.4 is 14.8 Å². The van der Waals surface area contributed by atoms with Gasteiger partial charge in [-0.1, -0.05) is 31.2 Å². The largest absolute Gasteiger partial charge is 0.496 e. The van der Waals surface area contributed by atoms with Crippen LogP contribution in [-0.4, -0.2) is 19.1 Å². The lowest BCUT2D eigenvalue weighted by atomic mass is 10.0. The lowest BCUT2D eigenvalue weighted by Crippen LogP contribution is -2.38. The van der Waals surface area contributed by atoms with E-state index in [9.17, 15) is 4.79 Å². The minimum atomic E-state index is -0.566. The highest BCUT2D eigenvalue weighted by molar-refractivity contribution is 5.81. The zero-order chi connectivity index (χ0) is 19.3. The van der Waals surface area contributed by atoms with Crippen molar-refractivity contribution in [3.05, 3.63) is 58.7 Å². The molecule has 0 aromatic heterocycles. The Balaban J connectivity index is 2.08. The van der Waals surface area contributed by atoms with E-state index in [0.29, 0.717) is 0 Å². The molecule has 2 aromatic rings. The summed E-state index contributed by atoms with van der Waals surface area (Å²) in [6, 6.07) is 11.9. The SMILES string of the molecule is CC[C@H](NC(=O)[C@@H](C)Oc1cc(C)ccc1C)c1ccc(OC)c(C)c1. The van der Waals surface area contributed by atoms with Crippen molar-refractivity contribution < 1.29 is 14.3 Å². The van der Waals surface area contributed by atoms with Gasteiger partial charge in [0.15, 0.2) is 6.10 Å². The van der Waals surface area contributed by atoms with Crippen molar-refractivity contribution in [1.29, 1.82) is 0 Å². The number of hydrogen-bond donors (Lipinski definition) is 1. The Labute approximate surface area is 156 Å². The van der Waals surface area contributed by atoms with E-state index in [1.807, 2.05) is 51.1 Å². The predicted molar refractivity (Wildman–Crippen MR) is 105 cm³/mol. The van der Waals surface area contributed by atoms with Crippen molar-refractivity contribution in [3.63, 3.8) is 0 Å². The average molecular weight is 355 g/mol. The number of aryl methyl sites for hydroxylation is 3. The first-order valence-electron chi connectivity index (χ1n) is 9.04. The molecule has 4 heteroatoms. The Hall–Kier alpha value is -2.49. The molecule has 2 aromatic carbocycles. The number of hydrogen-bond acceptors (Lipinski definition) is 3. The third-order valence-corrected chi connectivity index (χ3v) is 4.56. The molecule has 0 heterocycles. The van der Waals surface area contributed by atoms with Crippen LogP contribution in [0.25, 0.3) is 0 Å². The standard InChI is InChI=1S/C22H29NO3/c1-7-19(18-10-11-20(25-6)16(4)13-18)23-22(24)17(5)26-21-12-14(2)8-9-15(21)3/h8-13,17,19H,7H2,1-6H3,(H,23,24)/t17-,19+/m1/s1. The molecule has 26 heavy (non-hydrogen) atoms. The molecular weight excluding hydrogens is 326 g/mol.